The van der Waals surface area contributed by atoms with Crippen molar-refractivity contribution in [3.05, 3.63) is 51.7 Å². The highest BCUT2D eigenvalue weighted by Gasteiger charge is 2.20. The molecule has 1 aliphatic rings. The number of rotatable bonds is 3. The second kappa shape index (κ2) is 5.68. The Morgan fingerprint density at radius 1 is 1.24 bits per heavy atom. The van der Waals surface area contributed by atoms with Crippen LogP contribution in [0.3, 0.4) is 0 Å². The summed E-state index contributed by atoms with van der Waals surface area (Å²) in [6.45, 7) is 6.22. The summed E-state index contributed by atoms with van der Waals surface area (Å²) < 4.78 is 1.78. The first-order chi connectivity index (χ1) is 10.2. The zero-order valence-corrected chi connectivity index (χ0v) is 12.5. The van der Waals surface area contributed by atoms with Gasteiger partial charge in [0.25, 0.3) is 5.56 Å². The molecule has 1 fully saturated rings. The second-order valence-corrected chi connectivity index (χ2v) is 5.57. The van der Waals surface area contributed by atoms with Crippen LogP contribution in [0.5, 0.6) is 0 Å². The Bertz CT molecular complexity index is 687. The van der Waals surface area contributed by atoms with E-state index in [1.54, 1.807) is 17.0 Å². The van der Waals surface area contributed by atoms with Crippen molar-refractivity contribution in [2.24, 2.45) is 0 Å². The Labute approximate surface area is 124 Å². The molecule has 3 heterocycles. The highest BCUT2D eigenvalue weighted by molar-refractivity contribution is 5.36. The Morgan fingerprint density at radius 2 is 2.00 bits per heavy atom. The first-order valence-electron chi connectivity index (χ1n) is 7.38. The van der Waals surface area contributed by atoms with Gasteiger partial charge in [0.1, 0.15) is 0 Å². The van der Waals surface area contributed by atoms with E-state index >= 15 is 0 Å². The molecule has 3 rings (SSSR count). The summed E-state index contributed by atoms with van der Waals surface area (Å²) in [5.41, 5.74) is 2.62. The van der Waals surface area contributed by atoms with E-state index < -0.39 is 0 Å². The van der Waals surface area contributed by atoms with E-state index in [1.165, 1.54) is 0 Å². The van der Waals surface area contributed by atoms with E-state index in [1.807, 2.05) is 26.0 Å². The van der Waals surface area contributed by atoms with Crippen LogP contribution in [0.2, 0.25) is 0 Å². The normalized spacial score (nSPS) is 14.7. The fourth-order valence-corrected chi connectivity index (χ4v) is 2.72. The van der Waals surface area contributed by atoms with Crippen LogP contribution < -0.4 is 10.5 Å². The second-order valence-electron chi connectivity index (χ2n) is 5.57. The molecule has 21 heavy (non-hydrogen) atoms. The van der Waals surface area contributed by atoms with E-state index in [-0.39, 0.29) is 5.56 Å². The maximum absolute atomic E-state index is 12.6. The zero-order chi connectivity index (χ0) is 14.8. The summed E-state index contributed by atoms with van der Waals surface area (Å²) in [4.78, 5) is 23.7. The van der Waals surface area contributed by atoms with E-state index in [9.17, 15) is 4.79 Å². The smallest absolute Gasteiger partial charge is 0.258 e. The summed E-state index contributed by atoms with van der Waals surface area (Å²) in [7, 11) is 0. The monoisotopic (exact) mass is 284 g/mol. The zero-order valence-electron chi connectivity index (χ0n) is 12.5. The van der Waals surface area contributed by atoms with Gasteiger partial charge in [-0.25, -0.2) is 4.98 Å². The van der Waals surface area contributed by atoms with Crippen LogP contribution in [-0.2, 0) is 6.54 Å². The molecule has 0 radical (unpaired) electrons. The number of aromatic nitrogens is 3. The molecule has 0 saturated carbocycles. The Hall–Kier alpha value is -2.17. The van der Waals surface area contributed by atoms with Gasteiger partial charge in [0.15, 0.2) is 0 Å². The molecule has 5 heteroatoms. The Kier molecular flexibility index (Phi) is 3.73. The topological polar surface area (TPSA) is 51.0 Å². The van der Waals surface area contributed by atoms with Crippen LogP contribution in [0, 0.1) is 13.8 Å². The molecule has 110 valence electrons. The molecule has 2 aromatic heterocycles. The van der Waals surface area contributed by atoms with Crippen LogP contribution in [-0.4, -0.2) is 27.6 Å². The summed E-state index contributed by atoms with van der Waals surface area (Å²) >= 11 is 0. The summed E-state index contributed by atoms with van der Waals surface area (Å²) in [5.74, 6) is 0.796. The molecule has 0 spiro atoms. The maximum atomic E-state index is 12.6. The summed E-state index contributed by atoms with van der Waals surface area (Å²) in [6, 6.07) is 3.88. The van der Waals surface area contributed by atoms with Crippen molar-refractivity contribution in [2.45, 2.75) is 33.2 Å². The van der Waals surface area contributed by atoms with Crippen LogP contribution >= 0.6 is 0 Å². The van der Waals surface area contributed by atoms with E-state index in [0.29, 0.717) is 6.54 Å². The average molecular weight is 284 g/mol. The lowest BCUT2D eigenvalue weighted by atomic mass is 10.2. The molecule has 1 saturated heterocycles. The third kappa shape index (κ3) is 2.68. The van der Waals surface area contributed by atoms with Crippen molar-refractivity contribution in [1.29, 1.82) is 0 Å². The van der Waals surface area contributed by atoms with Crippen LogP contribution in [0.25, 0.3) is 0 Å². The summed E-state index contributed by atoms with van der Waals surface area (Å²) in [5, 5.41) is 0. The molecule has 0 N–H and O–H groups in total. The highest BCUT2D eigenvalue weighted by atomic mass is 16.1. The third-order valence-electron chi connectivity index (χ3n) is 4.07. The molecule has 0 atom stereocenters. The number of aryl methyl sites for hydroxylation is 1. The maximum Gasteiger partial charge on any atom is 0.258 e. The van der Waals surface area contributed by atoms with Gasteiger partial charge >= 0.3 is 0 Å². The molecule has 0 amide bonds. The van der Waals surface area contributed by atoms with Crippen molar-refractivity contribution >= 4 is 5.95 Å². The van der Waals surface area contributed by atoms with E-state index in [2.05, 4.69) is 14.9 Å². The van der Waals surface area contributed by atoms with Crippen molar-refractivity contribution in [1.82, 2.24) is 14.5 Å². The molecule has 2 aromatic rings. The van der Waals surface area contributed by atoms with Crippen LogP contribution in [0.1, 0.15) is 29.7 Å². The number of hydrogen-bond acceptors (Lipinski definition) is 4. The number of pyridine rings is 1. The van der Waals surface area contributed by atoms with Crippen molar-refractivity contribution < 1.29 is 0 Å². The molecule has 0 bridgehead atoms. The molecule has 0 unspecified atom stereocenters. The van der Waals surface area contributed by atoms with Gasteiger partial charge in [-0.05, 0) is 38.3 Å². The van der Waals surface area contributed by atoms with Gasteiger partial charge in [-0.1, -0.05) is 6.07 Å². The molecular weight excluding hydrogens is 264 g/mol. The fraction of sp³-hybridized carbons (Fsp3) is 0.438. The van der Waals surface area contributed by atoms with E-state index in [0.717, 1.165) is 48.7 Å². The molecule has 0 aromatic carbocycles. The van der Waals surface area contributed by atoms with Crippen molar-refractivity contribution in [3.63, 3.8) is 0 Å². The first-order valence-corrected chi connectivity index (χ1v) is 7.38. The SMILES string of the molecule is Cc1nc(N2CCCC2)n(Cc2cccnc2)c(=O)c1C. The highest BCUT2D eigenvalue weighted by Crippen LogP contribution is 2.18. The molecular formula is C16H20N4O. The first kappa shape index (κ1) is 13.8. The van der Waals surface area contributed by atoms with Crippen molar-refractivity contribution in [2.75, 3.05) is 18.0 Å². The molecule has 0 aliphatic carbocycles. The third-order valence-corrected chi connectivity index (χ3v) is 4.07. The lowest BCUT2D eigenvalue weighted by Crippen LogP contribution is -2.33. The lowest BCUT2D eigenvalue weighted by molar-refractivity contribution is 0.692. The number of nitrogens with zero attached hydrogens (tertiary/aromatic N) is 4. The predicted molar refractivity (Wildman–Crippen MR) is 82.8 cm³/mol. The summed E-state index contributed by atoms with van der Waals surface area (Å²) in [6.07, 6.45) is 5.87. The lowest BCUT2D eigenvalue weighted by Gasteiger charge is -2.22. The predicted octanol–water partition coefficient (Wildman–Crippen LogP) is 1.90. The minimum absolute atomic E-state index is 0.0493. The Morgan fingerprint density at radius 3 is 2.67 bits per heavy atom. The quantitative estimate of drug-likeness (QED) is 0.864. The van der Waals surface area contributed by atoms with Crippen LogP contribution in [0.4, 0.5) is 5.95 Å². The van der Waals surface area contributed by atoms with Gasteiger partial charge in [0, 0.05) is 36.7 Å². The molecule has 5 nitrogen and oxygen atoms in total. The van der Waals surface area contributed by atoms with Gasteiger partial charge in [-0.2, -0.15) is 0 Å². The standard InChI is InChI=1S/C16H20N4O/c1-12-13(2)18-16(19-8-3-4-9-19)20(15(12)21)11-14-6-5-7-17-10-14/h5-7,10H,3-4,8-9,11H2,1-2H3. The van der Waals surface area contributed by atoms with Gasteiger partial charge < -0.3 is 4.90 Å². The van der Waals surface area contributed by atoms with Crippen molar-refractivity contribution in [3.8, 4) is 0 Å². The molecule has 1 aliphatic heterocycles. The van der Waals surface area contributed by atoms with Gasteiger partial charge in [0.05, 0.1) is 6.54 Å². The Balaban J connectivity index is 2.08. The van der Waals surface area contributed by atoms with Gasteiger partial charge in [0.2, 0.25) is 5.95 Å². The number of hydrogen-bond donors (Lipinski definition) is 0. The largest absolute Gasteiger partial charge is 0.342 e. The fourth-order valence-electron chi connectivity index (χ4n) is 2.72. The van der Waals surface area contributed by atoms with Crippen LogP contribution in [0.15, 0.2) is 29.3 Å². The minimum atomic E-state index is 0.0493. The average Bonchev–Trinajstić information content (AvgIpc) is 3.03. The van der Waals surface area contributed by atoms with Gasteiger partial charge in [-0.3, -0.25) is 14.3 Å². The number of anilines is 1. The van der Waals surface area contributed by atoms with Gasteiger partial charge in [-0.15, -0.1) is 0 Å². The minimum Gasteiger partial charge on any atom is -0.342 e. The van der Waals surface area contributed by atoms with E-state index in [4.69, 9.17) is 0 Å².